The Morgan fingerprint density at radius 1 is 1.21 bits per heavy atom. The number of benzene rings is 1. The van der Waals surface area contributed by atoms with Crippen molar-refractivity contribution in [3.8, 4) is 0 Å². The van der Waals surface area contributed by atoms with E-state index in [0.717, 1.165) is 0 Å². The maximum Gasteiger partial charge on any atom is 0.242 e. The zero-order valence-corrected chi connectivity index (χ0v) is 12.4. The van der Waals surface area contributed by atoms with Crippen molar-refractivity contribution in [2.45, 2.75) is 37.1 Å². The summed E-state index contributed by atoms with van der Waals surface area (Å²) >= 11 is 0. The van der Waals surface area contributed by atoms with Crippen LogP contribution in [0.1, 0.15) is 26.7 Å². The molecule has 0 aromatic heterocycles. The van der Waals surface area contributed by atoms with Crippen LogP contribution in [0.25, 0.3) is 0 Å². The van der Waals surface area contributed by atoms with E-state index in [9.17, 15) is 13.5 Å². The molecule has 0 saturated carbocycles. The Hall–Kier alpha value is -1.11. The number of hydrogen-bond donors (Lipinski definition) is 3. The first-order valence-corrected chi connectivity index (χ1v) is 7.84. The van der Waals surface area contributed by atoms with Gasteiger partial charge in [0.05, 0.1) is 17.8 Å². The van der Waals surface area contributed by atoms with Crippen molar-refractivity contribution in [3.05, 3.63) is 24.3 Å². The van der Waals surface area contributed by atoms with Crippen LogP contribution in [0.2, 0.25) is 0 Å². The third-order valence-corrected chi connectivity index (χ3v) is 4.97. The molecule has 0 aliphatic rings. The lowest BCUT2D eigenvalue weighted by atomic mass is 9.93. The van der Waals surface area contributed by atoms with Crippen molar-refractivity contribution >= 4 is 15.7 Å². The van der Waals surface area contributed by atoms with Gasteiger partial charge in [-0.2, -0.15) is 0 Å². The number of aliphatic hydroxyl groups excluding tert-OH is 1. The second-order valence-electron chi connectivity index (χ2n) is 4.47. The Kier molecular flexibility index (Phi) is 5.34. The second-order valence-corrected chi connectivity index (χ2v) is 6.33. The Bertz CT molecular complexity index is 502. The molecule has 5 nitrogen and oxygen atoms in total. The van der Waals surface area contributed by atoms with Gasteiger partial charge in [0.2, 0.25) is 10.0 Å². The fraction of sp³-hybridized carbons (Fsp3) is 0.538. The normalized spacial score (nSPS) is 12.4. The minimum Gasteiger partial charge on any atom is -0.394 e. The van der Waals surface area contributed by atoms with Crippen LogP contribution in [-0.4, -0.2) is 32.7 Å². The first kappa shape index (κ1) is 15.9. The summed E-state index contributed by atoms with van der Waals surface area (Å²) in [6.07, 6.45) is 1.40. The smallest absolute Gasteiger partial charge is 0.242 e. The highest BCUT2D eigenvalue weighted by molar-refractivity contribution is 7.89. The summed E-state index contributed by atoms with van der Waals surface area (Å²) in [5.41, 5.74) is 0.00826. The van der Waals surface area contributed by atoms with Crippen LogP contribution >= 0.6 is 0 Å². The zero-order valence-electron chi connectivity index (χ0n) is 11.6. The molecular weight excluding hydrogens is 264 g/mol. The third-order valence-electron chi connectivity index (χ3n) is 3.50. The highest BCUT2D eigenvalue weighted by Crippen LogP contribution is 2.27. The van der Waals surface area contributed by atoms with Gasteiger partial charge in [0, 0.05) is 0 Å². The van der Waals surface area contributed by atoms with Crippen molar-refractivity contribution in [1.29, 1.82) is 0 Å². The largest absolute Gasteiger partial charge is 0.394 e. The molecule has 0 spiro atoms. The van der Waals surface area contributed by atoms with Gasteiger partial charge < -0.3 is 10.4 Å². The molecule has 0 unspecified atom stereocenters. The van der Waals surface area contributed by atoms with E-state index in [1.807, 2.05) is 13.8 Å². The predicted molar refractivity (Wildman–Crippen MR) is 76.7 cm³/mol. The Morgan fingerprint density at radius 2 is 1.79 bits per heavy atom. The highest BCUT2D eigenvalue weighted by Gasteiger charge is 2.27. The Balaban J connectivity index is 3.22. The van der Waals surface area contributed by atoms with E-state index in [1.165, 1.54) is 7.05 Å². The van der Waals surface area contributed by atoms with Gasteiger partial charge in [-0.05, 0) is 32.0 Å². The van der Waals surface area contributed by atoms with Gasteiger partial charge in [0.15, 0.2) is 0 Å². The van der Waals surface area contributed by atoms with Crippen molar-refractivity contribution in [3.63, 3.8) is 0 Å². The summed E-state index contributed by atoms with van der Waals surface area (Å²) in [7, 11) is -2.14. The van der Waals surface area contributed by atoms with Crippen LogP contribution in [0.15, 0.2) is 29.2 Å². The SMILES string of the molecule is CCC(CC)(CO)Nc1ccccc1S(=O)(=O)NC. The minimum atomic E-state index is -3.52. The number of sulfonamides is 1. The van der Waals surface area contributed by atoms with Gasteiger partial charge in [-0.15, -0.1) is 0 Å². The Morgan fingerprint density at radius 3 is 2.26 bits per heavy atom. The number of nitrogens with one attached hydrogen (secondary N) is 2. The van der Waals surface area contributed by atoms with E-state index in [2.05, 4.69) is 10.0 Å². The minimum absolute atomic E-state index is 0.0477. The maximum absolute atomic E-state index is 12.0. The first-order valence-electron chi connectivity index (χ1n) is 6.36. The van der Waals surface area contributed by atoms with Crippen LogP contribution in [0.4, 0.5) is 5.69 Å². The van der Waals surface area contributed by atoms with Gasteiger partial charge in [0.1, 0.15) is 4.90 Å². The van der Waals surface area contributed by atoms with Crippen LogP contribution in [-0.2, 0) is 10.0 Å². The molecule has 0 saturated heterocycles. The van der Waals surface area contributed by atoms with E-state index in [0.29, 0.717) is 18.5 Å². The third kappa shape index (κ3) is 3.46. The Labute approximate surface area is 115 Å². The summed E-state index contributed by atoms with van der Waals surface area (Å²) in [5.74, 6) is 0. The molecule has 0 aliphatic heterocycles. The molecular formula is C13H22N2O3S. The highest BCUT2D eigenvalue weighted by atomic mass is 32.2. The maximum atomic E-state index is 12.0. The summed E-state index contributed by atoms with van der Waals surface area (Å²) in [6, 6.07) is 6.69. The summed E-state index contributed by atoms with van der Waals surface area (Å²) < 4.78 is 26.2. The second kappa shape index (κ2) is 6.36. The molecule has 19 heavy (non-hydrogen) atoms. The quantitative estimate of drug-likeness (QED) is 0.711. The molecule has 1 rings (SSSR count). The van der Waals surface area contributed by atoms with Crippen molar-refractivity contribution < 1.29 is 13.5 Å². The number of hydrogen-bond acceptors (Lipinski definition) is 4. The fourth-order valence-electron chi connectivity index (χ4n) is 1.89. The zero-order chi connectivity index (χ0) is 14.5. The van der Waals surface area contributed by atoms with Gasteiger partial charge in [0.25, 0.3) is 0 Å². The van der Waals surface area contributed by atoms with E-state index in [4.69, 9.17) is 0 Å². The molecule has 108 valence electrons. The van der Waals surface area contributed by atoms with Gasteiger partial charge >= 0.3 is 0 Å². The van der Waals surface area contributed by atoms with Crippen LogP contribution < -0.4 is 10.0 Å². The van der Waals surface area contributed by atoms with E-state index in [-0.39, 0.29) is 11.5 Å². The number of para-hydroxylation sites is 1. The molecule has 6 heteroatoms. The molecule has 1 aromatic carbocycles. The first-order chi connectivity index (χ1) is 8.94. The molecule has 0 atom stereocenters. The summed E-state index contributed by atoms with van der Waals surface area (Å²) in [4.78, 5) is 0.192. The lowest BCUT2D eigenvalue weighted by Crippen LogP contribution is -2.41. The predicted octanol–water partition coefficient (Wildman–Crippen LogP) is 1.56. The molecule has 0 bridgehead atoms. The molecule has 0 radical (unpaired) electrons. The molecule has 3 N–H and O–H groups in total. The van der Waals surface area contributed by atoms with E-state index in [1.54, 1.807) is 24.3 Å². The molecule has 1 aromatic rings. The fourth-order valence-corrected chi connectivity index (χ4v) is 2.78. The molecule has 0 fully saturated rings. The average molecular weight is 286 g/mol. The number of rotatable bonds is 7. The van der Waals surface area contributed by atoms with Gasteiger partial charge in [-0.25, -0.2) is 13.1 Å². The summed E-state index contributed by atoms with van der Waals surface area (Å²) in [5, 5.41) is 12.7. The summed E-state index contributed by atoms with van der Waals surface area (Å²) in [6.45, 7) is 3.87. The van der Waals surface area contributed by atoms with Crippen molar-refractivity contribution in [1.82, 2.24) is 4.72 Å². The van der Waals surface area contributed by atoms with E-state index >= 15 is 0 Å². The lowest BCUT2D eigenvalue weighted by molar-refractivity contribution is 0.202. The van der Waals surface area contributed by atoms with Gasteiger partial charge in [-0.1, -0.05) is 26.0 Å². The van der Waals surface area contributed by atoms with E-state index < -0.39 is 15.6 Å². The van der Waals surface area contributed by atoms with Crippen LogP contribution in [0.3, 0.4) is 0 Å². The van der Waals surface area contributed by atoms with Crippen LogP contribution in [0.5, 0.6) is 0 Å². The van der Waals surface area contributed by atoms with Gasteiger partial charge in [-0.3, -0.25) is 0 Å². The average Bonchev–Trinajstić information content (AvgIpc) is 2.45. The number of anilines is 1. The van der Waals surface area contributed by atoms with Crippen molar-refractivity contribution in [2.24, 2.45) is 0 Å². The van der Waals surface area contributed by atoms with Crippen LogP contribution in [0, 0.1) is 0 Å². The standard InChI is InChI=1S/C13H22N2O3S/c1-4-13(5-2,10-16)15-11-8-6-7-9-12(11)19(17,18)14-3/h6-9,14-16H,4-5,10H2,1-3H3. The number of aliphatic hydroxyl groups is 1. The lowest BCUT2D eigenvalue weighted by Gasteiger charge is -2.32. The molecule has 0 heterocycles. The molecule has 0 aliphatic carbocycles. The van der Waals surface area contributed by atoms with Crippen molar-refractivity contribution in [2.75, 3.05) is 19.0 Å². The monoisotopic (exact) mass is 286 g/mol. The molecule has 0 amide bonds. The topological polar surface area (TPSA) is 78.4 Å².